The maximum Gasteiger partial charge on any atom is 0.439 e. The van der Waals surface area contributed by atoms with Gasteiger partial charge in [0, 0.05) is 6.92 Å². The molecule has 0 bridgehead atoms. The van der Waals surface area contributed by atoms with Crippen LogP contribution < -0.4 is 5.68 Å². The molecule has 6 nitrogen and oxygen atoms in total. The second-order valence-electron chi connectivity index (χ2n) is 2.04. The molecule has 0 fully saturated rings. The molecule has 0 saturated carbocycles. The third-order valence-corrected chi connectivity index (χ3v) is 1.12. The Kier molecular flexibility index (Phi) is 2.27. The number of aryl methyl sites for hydroxylation is 1. The molecule has 12 heavy (non-hydrogen) atoms. The van der Waals surface area contributed by atoms with Crippen LogP contribution in [0, 0.1) is 12.3 Å². The van der Waals surface area contributed by atoms with E-state index >= 15 is 0 Å². The first kappa shape index (κ1) is 8.51. The predicted molar refractivity (Wildman–Crippen MR) is 37.5 cm³/mol. The summed E-state index contributed by atoms with van der Waals surface area (Å²) in [5.41, 5.74) is -0.328. The number of ether oxygens (including phenoxy) is 1. The van der Waals surface area contributed by atoms with E-state index in [9.17, 15) is 4.79 Å². The van der Waals surface area contributed by atoms with Crippen LogP contribution in [0.4, 0.5) is 4.79 Å². The lowest BCUT2D eigenvalue weighted by atomic mass is 10.8. The summed E-state index contributed by atoms with van der Waals surface area (Å²) >= 11 is 0. The Hall–Kier alpha value is -1.59. The molecule has 1 aromatic rings. The number of hydrogen-bond acceptors (Lipinski definition) is 5. The molecule has 0 atom stereocenters. The summed E-state index contributed by atoms with van der Waals surface area (Å²) in [6, 6.07) is 0. The van der Waals surface area contributed by atoms with E-state index in [0.29, 0.717) is 0 Å². The Morgan fingerprint density at radius 2 is 2.50 bits per heavy atom. The van der Waals surface area contributed by atoms with Gasteiger partial charge in [-0.15, -0.1) is 9.78 Å². The highest BCUT2D eigenvalue weighted by atomic mass is 16.6. The Bertz CT molecular complexity index is 338. The number of rotatable bonds is 1. The van der Waals surface area contributed by atoms with Gasteiger partial charge in [-0.3, -0.25) is 0 Å². The Labute approximate surface area is 68.3 Å². The van der Waals surface area contributed by atoms with Crippen molar-refractivity contribution in [3.63, 3.8) is 0 Å². The monoisotopic (exact) mass is 171 g/mol. The molecule has 0 unspecified atom stereocenters. The molecule has 6 heteroatoms. The van der Waals surface area contributed by atoms with E-state index in [1.165, 1.54) is 0 Å². The molecular weight excluding hydrogens is 162 g/mol. The van der Waals surface area contributed by atoms with Crippen LogP contribution in [0.1, 0.15) is 12.8 Å². The Morgan fingerprint density at radius 3 is 2.92 bits per heavy atom. The largest absolute Gasteiger partial charge is 0.448 e. The van der Waals surface area contributed by atoms with Crippen molar-refractivity contribution in [2.24, 2.45) is 0 Å². The van der Waals surface area contributed by atoms with E-state index < -0.39 is 6.09 Å². The van der Waals surface area contributed by atoms with Crippen molar-refractivity contribution in [2.45, 2.75) is 13.8 Å². The summed E-state index contributed by atoms with van der Waals surface area (Å²) in [4.78, 5) is 11.0. The predicted octanol–water partition coefficient (Wildman–Crippen LogP) is 0.269. The van der Waals surface area contributed by atoms with Crippen LogP contribution in [0.15, 0.2) is 4.42 Å². The lowest BCUT2D eigenvalue weighted by Crippen LogP contribution is -2.25. The highest BCUT2D eigenvalue weighted by molar-refractivity contribution is 5.68. The molecular formula is C6H9N3O3. The normalized spacial score (nSPS) is 9.83. The second-order valence-corrected chi connectivity index (χ2v) is 2.04. The minimum atomic E-state index is -0.695. The molecule has 1 heterocycles. The number of aromatic nitrogens is 2. The molecule has 0 aliphatic carbocycles. The molecule has 1 rings (SSSR count). The summed E-state index contributed by atoms with van der Waals surface area (Å²) in [5.74, 6) is 0.257. The molecule has 1 N–H and O–H groups in total. The van der Waals surface area contributed by atoms with E-state index in [4.69, 9.17) is 9.83 Å². The van der Waals surface area contributed by atoms with Gasteiger partial charge in [-0.2, -0.15) is 0 Å². The molecule has 0 radical (unpaired) electrons. The lowest BCUT2D eigenvalue weighted by Gasteiger charge is -1.96. The van der Waals surface area contributed by atoms with E-state index in [1.54, 1.807) is 13.8 Å². The lowest BCUT2D eigenvalue weighted by molar-refractivity contribution is 0.147. The van der Waals surface area contributed by atoms with Crippen molar-refractivity contribution in [2.75, 3.05) is 6.61 Å². The van der Waals surface area contributed by atoms with Crippen molar-refractivity contribution in [1.29, 1.82) is 5.41 Å². The number of carbonyl (C=O) groups is 1. The highest BCUT2D eigenvalue weighted by Gasteiger charge is 2.10. The van der Waals surface area contributed by atoms with Crippen molar-refractivity contribution in [1.82, 2.24) is 9.78 Å². The van der Waals surface area contributed by atoms with Gasteiger partial charge in [-0.25, -0.2) is 10.2 Å². The zero-order chi connectivity index (χ0) is 9.14. The van der Waals surface area contributed by atoms with E-state index in [-0.39, 0.29) is 18.2 Å². The Morgan fingerprint density at radius 1 is 1.83 bits per heavy atom. The number of nitrogens with one attached hydrogen (secondary N) is 1. The number of hydrogen-bond donors (Lipinski definition) is 1. The van der Waals surface area contributed by atoms with Gasteiger partial charge in [0.1, 0.15) is 0 Å². The van der Waals surface area contributed by atoms with Gasteiger partial charge >= 0.3 is 11.8 Å². The summed E-state index contributed by atoms with van der Waals surface area (Å²) in [5, 5.41) is 10.8. The van der Waals surface area contributed by atoms with Crippen molar-refractivity contribution in [3.8, 4) is 0 Å². The van der Waals surface area contributed by atoms with Crippen molar-refractivity contribution >= 4 is 6.09 Å². The molecule has 0 aliphatic rings. The molecule has 0 amide bonds. The van der Waals surface area contributed by atoms with Crippen LogP contribution in [-0.4, -0.2) is 22.5 Å². The number of nitrogens with zero attached hydrogens (tertiary/aromatic N) is 2. The summed E-state index contributed by atoms with van der Waals surface area (Å²) in [6.45, 7) is 3.47. The summed E-state index contributed by atoms with van der Waals surface area (Å²) in [7, 11) is 0. The highest BCUT2D eigenvalue weighted by Crippen LogP contribution is 1.87. The second kappa shape index (κ2) is 3.21. The smallest absolute Gasteiger partial charge is 0.439 e. The maximum absolute atomic E-state index is 11.0. The topological polar surface area (TPSA) is 81.1 Å². The third-order valence-electron chi connectivity index (χ3n) is 1.12. The van der Waals surface area contributed by atoms with Crippen LogP contribution in [0.3, 0.4) is 0 Å². The summed E-state index contributed by atoms with van der Waals surface area (Å²) < 4.78 is 10.1. The molecule has 0 saturated heterocycles. The first-order valence-corrected chi connectivity index (χ1v) is 3.43. The van der Waals surface area contributed by atoms with Gasteiger partial charge in [0.25, 0.3) is 0 Å². The molecule has 0 aromatic carbocycles. The Balaban J connectivity index is 2.95. The van der Waals surface area contributed by atoms with E-state index in [2.05, 4.69) is 9.84 Å². The van der Waals surface area contributed by atoms with Crippen LogP contribution >= 0.6 is 0 Å². The van der Waals surface area contributed by atoms with Gasteiger partial charge < -0.3 is 9.15 Å². The molecule has 1 aromatic heterocycles. The van der Waals surface area contributed by atoms with E-state index in [0.717, 1.165) is 4.68 Å². The average Bonchev–Trinajstić information content (AvgIpc) is 2.30. The molecule has 66 valence electrons. The van der Waals surface area contributed by atoms with Gasteiger partial charge in [0.2, 0.25) is 5.89 Å². The fourth-order valence-corrected chi connectivity index (χ4v) is 0.698. The van der Waals surface area contributed by atoms with Crippen LogP contribution in [0.25, 0.3) is 0 Å². The maximum atomic E-state index is 11.0. The SMILES string of the molecule is CCOC(=O)n1nc(C)oc1=N. The molecule has 0 spiro atoms. The standard InChI is InChI=1S/C6H9N3O3/c1-3-11-6(10)9-5(7)12-4(2)8-9/h7H,3H2,1-2H3. The zero-order valence-electron chi connectivity index (χ0n) is 6.83. The number of carbonyl (C=O) groups excluding carboxylic acids is 1. The van der Waals surface area contributed by atoms with Gasteiger partial charge in [-0.05, 0) is 6.92 Å². The minimum absolute atomic E-state index is 0.247. The minimum Gasteiger partial charge on any atom is -0.448 e. The third kappa shape index (κ3) is 1.52. The van der Waals surface area contributed by atoms with E-state index in [1.807, 2.05) is 0 Å². The van der Waals surface area contributed by atoms with Crippen LogP contribution in [-0.2, 0) is 4.74 Å². The zero-order valence-corrected chi connectivity index (χ0v) is 6.83. The fourth-order valence-electron chi connectivity index (χ4n) is 0.698. The fraction of sp³-hybridized carbons (Fsp3) is 0.500. The average molecular weight is 171 g/mol. The first-order valence-electron chi connectivity index (χ1n) is 3.43. The quantitative estimate of drug-likeness (QED) is 0.657. The summed E-state index contributed by atoms with van der Waals surface area (Å²) in [6.07, 6.45) is -0.695. The van der Waals surface area contributed by atoms with Crippen LogP contribution in [0.2, 0.25) is 0 Å². The van der Waals surface area contributed by atoms with Crippen molar-refractivity contribution < 1.29 is 13.9 Å². The van der Waals surface area contributed by atoms with Gasteiger partial charge in [-0.1, -0.05) is 0 Å². The van der Waals surface area contributed by atoms with Crippen molar-refractivity contribution in [3.05, 3.63) is 11.6 Å². The molecule has 0 aliphatic heterocycles. The van der Waals surface area contributed by atoms with Gasteiger partial charge in [0.05, 0.1) is 6.61 Å². The first-order chi connectivity index (χ1) is 5.65. The van der Waals surface area contributed by atoms with Crippen LogP contribution in [0.5, 0.6) is 0 Å². The van der Waals surface area contributed by atoms with Gasteiger partial charge in [0.15, 0.2) is 0 Å².